The third-order valence-electron chi connectivity index (χ3n) is 8.08. The second-order valence-electron chi connectivity index (χ2n) is 10.6. The molecule has 198 valence electrons. The van der Waals surface area contributed by atoms with Gasteiger partial charge >= 0.3 is 0 Å². The van der Waals surface area contributed by atoms with E-state index < -0.39 is 0 Å². The Morgan fingerprint density at radius 1 is 0.357 bits per heavy atom. The summed E-state index contributed by atoms with van der Waals surface area (Å²) in [6, 6.07) is 59.2. The molecule has 0 spiro atoms. The molecule has 0 bridgehead atoms. The first-order valence-electron chi connectivity index (χ1n) is 14.3. The third-order valence-corrected chi connectivity index (χ3v) is 9.23. The zero-order chi connectivity index (χ0) is 27.9. The van der Waals surface area contributed by atoms with E-state index in [0.29, 0.717) is 0 Å². The highest BCUT2D eigenvalue weighted by Gasteiger charge is 2.16. The van der Waals surface area contributed by atoms with Crippen molar-refractivity contribution in [3.63, 3.8) is 0 Å². The first-order valence-corrected chi connectivity index (χ1v) is 15.1. The minimum Gasteiger partial charge on any atom is -0.310 e. The first-order chi connectivity index (χ1) is 20.8. The summed E-state index contributed by atoms with van der Waals surface area (Å²) >= 11 is 1.86. The van der Waals surface area contributed by atoms with Crippen molar-refractivity contribution in [2.75, 3.05) is 4.90 Å². The summed E-state index contributed by atoms with van der Waals surface area (Å²) in [6.07, 6.45) is 0. The molecule has 0 atom stereocenters. The second kappa shape index (κ2) is 10.3. The molecule has 0 unspecified atom stereocenters. The summed E-state index contributed by atoms with van der Waals surface area (Å²) in [4.78, 5) is 2.37. The summed E-state index contributed by atoms with van der Waals surface area (Å²) < 4.78 is 2.67. The van der Waals surface area contributed by atoms with Gasteiger partial charge in [-0.15, -0.1) is 11.3 Å². The van der Waals surface area contributed by atoms with Gasteiger partial charge in [-0.25, -0.2) is 0 Å². The van der Waals surface area contributed by atoms with E-state index in [1.165, 1.54) is 58.9 Å². The van der Waals surface area contributed by atoms with Gasteiger partial charge in [-0.2, -0.15) is 0 Å². The smallest absolute Gasteiger partial charge is 0.0540 e. The average molecular weight is 554 g/mol. The summed E-state index contributed by atoms with van der Waals surface area (Å²) in [7, 11) is 0. The van der Waals surface area contributed by atoms with Gasteiger partial charge in [-0.05, 0) is 76.2 Å². The fourth-order valence-electron chi connectivity index (χ4n) is 5.97. The van der Waals surface area contributed by atoms with Crippen LogP contribution in [0.1, 0.15) is 0 Å². The van der Waals surface area contributed by atoms with E-state index in [2.05, 4.69) is 169 Å². The molecule has 8 aromatic rings. The number of nitrogens with zero attached hydrogens (tertiary/aromatic N) is 1. The Morgan fingerprint density at radius 2 is 0.905 bits per heavy atom. The summed E-state index contributed by atoms with van der Waals surface area (Å²) in [5, 5.41) is 5.12. The molecule has 7 aromatic carbocycles. The molecule has 42 heavy (non-hydrogen) atoms. The number of thiophene rings is 1. The van der Waals surface area contributed by atoms with Crippen LogP contribution in [0.4, 0.5) is 17.1 Å². The minimum absolute atomic E-state index is 1.13. The molecular weight excluding hydrogens is 527 g/mol. The standard InChI is InChI=1S/C40H27NS/c1-2-9-28(10-3-1)29-17-22-33(23-18-29)41(38-15-8-12-31-11-4-5-13-35(31)38)34-24-19-30(20-25-34)32-21-26-40-37(27-32)36-14-6-7-16-39(36)42-40/h1-27H. The molecule has 8 rings (SSSR count). The van der Waals surface area contributed by atoms with E-state index in [-0.39, 0.29) is 0 Å². The molecule has 0 radical (unpaired) electrons. The highest BCUT2D eigenvalue weighted by Crippen LogP contribution is 2.41. The van der Waals surface area contributed by atoms with Crippen molar-refractivity contribution in [3.8, 4) is 22.3 Å². The maximum atomic E-state index is 2.37. The van der Waals surface area contributed by atoms with Crippen LogP contribution in [0.5, 0.6) is 0 Å². The van der Waals surface area contributed by atoms with Crippen LogP contribution in [0.15, 0.2) is 164 Å². The Labute approximate surface area is 249 Å². The minimum atomic E-state index is 1.13. The zero-order valence-electron chi connectivity index (χ0n) is 22.9. The normalized spacial score (nSPS) is 11.3. The van der Waals surface area contributed by atoms with Crippen LogP contribution >= 0.6 is 11.3 Å². The van der Waals surface area contributed by atoms with Gasteiger partial charge in [0.1, 0.15) is 0 Å². The van der Waals surface area contributed by atoms with Gasteiger partial charge in [0.15, 0.2) is 0 Å². The molecule has 0 saturated carbocycles. The van der Waals surface area contributed by atoms with Crippen LogP contribution in [0.3, 0.4) is 0 Å². The van der Waals surface area contributed by atoms with Crippen molar-refractivity contribution in [1.82, 2.24) is 0 Å². The molecule has 0 N–H and O–H groups in total. The van der Waals surface area contributed by atoms with E-state index in [1.54, 1.807) is 0 Å². The Morgan fingerprint density at radius 3 is 1.67 bits per heavy atom. The van der Waals surface area contributed by atoms with E-state index in [0.717, 1.165) is 11.4 Å². The summed E-state index contributed by atoms with van der Waals surface area (Å²) in [6.45, 7) is 0. The van der Waals surface area contributed by atoms with Crippen LogP contribution < -0.4 is 4.90 Å². The molecule has 0 amide bonds. The quantitative estimate of drug-likeness (QED) is 0.205. The lowest BCUT2D eigenvalue weighted by Crippen LogP contribution is -2.10. The summed E-state index contributed by atoms with van der Waals surface area (Å²) in [5.41, 5.74) is 8.31. The fraction of sp³-hybridized carbons (Fsp3) is 0. The van der Waals surface area contributed by atoms with Crippen molar-refractivity contribution in [2.24, 2.45) is 0 Å². The predicted octanol–water partition coefficient (Wildman–Crippen LogP) is 12.0. The number of fused-ring (bicyclic) bond motifs is 4. The van der Waals surface area contributed by atoms with Gasteiger partial charge in [0.2, 0.25) is 0 Å². The largest absolute Gasteiger partial charge is 0.310 e. The highest BCUT2D eigenvalue weighted by molar-refractivity contribution is 7.25. The number of rotatable bonds is 5. The Balaban J connectivity index is 1.22. The van der Waals surface area contributed by atoms with Gasteiger partial charge in [0.05, 0.1) is 5.69 Å². The fourth-order valence-corrected chi connectivity index (χ4v) is 7.06. The van der Waals surface area contributed by atoms with Crippen LogP contribution in [0.25, 0.3) is 53.2 Å². The summed E-state index contributed by atoms with van der Waals surface area (Å²) in [5.74, 6) is 0. The number of hydrogen-bond donors (Lipinski definition) is 0. The molecule has 1 aromatic heterocycles. The SMILES string of the molecule is c1ccc(-c2ccc(N(c3ccc(-c4ccc5sc6ccccc6c5c4)cc3)c3cccc4ccccc34)cc2)cc1. The Bertz CT molecular complexity index is 2170. The Kier molecular flexibility index (Phi) is 6.05. The van der Waals surface area contributed by atoms with Gasteiger partial charge in [-0.3, -0.25) is 0 Å². The molecule has 1 heterocycles. The van der Waals surface area contributed by atoms with Crippen molar-refractivity contribution < 1.29 is 0 Å². The van der Waals surface area contributed by atoms with Gasteiger partial charge < -0.3 is 4.90 Å². The zero-order valence-corrected chi connectivity index (χ0v) is 23.8. The van der Waals surface area contributed by atoms with E-state index in [4.69, 9.17) is 0 Å². The van der Waals surface area contributed by atoms with Crippen molar-refractivity contribution >= 4 is 59.3 Å². The van der Waals surface area contributed by atoms with Crippen LogP contribution in [-0.2, 0) is 0 Å². The average Bonchev–Trinajstić information content (AvgIpc) is 3.44. The van der Waals surface area contributed by atoms with Crippen LogP contribution in [0.2, 0.25) is 0 Å². The molecule has 0 saturated heterocycles. The number of benzene rings is 7. The number of hydrogen-bond acceptors (Lipinski definition) is 2. The molecule has 0 fully saturated rings. The van der Waals surface area contributed by atoms with Crippen molar-refractivity contribution in [2.45, 2.75) is 0 Å². The lowest BCUT2D eigenvalue weighted by molar-refractivity contribution is 1.30. The van der Waals surface area contributed by atoms with Gasteiger partial charge in [0, 0.05) is 36.9 Å². The lowest BCUT2D eigenvalue weighted by atomic mass is 10.0. The van der Waals surface area contributed by atoms with E-state index >= 15 is 0 Å². The van der Waals surface area contributed by atoms with Crippen LogP contribution in [-0.4, -0.2) is 0 Å². The molecule has 1 nitrogen and oxygen atoms in total. The monoisotopic (exact) mass is 553 g/mol. The molecule has 2 heteroatoms. The van der Waals surface area contributed by atoms with E-state index in [9.17, 15) is 0 Å². The predicted molar refractivity (Wildman–Crippen MR) is 182 cm³/mol. The van der Waals surface area contributed by atoms with Crippen LogP contribution in [0, 0.1) is 0 Å². The maximum absolute atomic E-state index is 2.37. The Hall–Kier alpha value is -5.18. The van der Waals surface area contributed by atoms with E-state index in [1.807, 2.05) is 11.3 Å². The maximum Gasteiger partial charge on any atom is 0.0540 e. The lowest BCUT2D eigenvalue weighted by Gasteiger charge is -2.27. The van der Waals surface area contributed by atoms with Crippen molar-refractivity contribution in [3.05, 3.63) is 164 Å². The first kappa shape index (κ1) is 24.6. The van der Waals surface area contributed by atoms with Crippen molar-refractivity contribution in [1.29, 1.82) is 0 Å². The third kappa shape index (κ3) is 4.34. The second-order valence-corrected chi connectivity index (χ2v) is 11.7. The number of anilines is 3. The van der Waals surface area contributed by atoms with Gasteiger partial charge in [0.25, 0.3) is 0 Å². The topological polar surface area (TPSA) is 3.24 Å². The molecule has 0 aliphatic carbocycles. The molecule has 0 aliphatic rings. The molecular formula is C40H27NS. The highest BCUT2D eigenvalue weighted by atomic mass is 32.1. The van der Waals surface area contributed by atoms with Gasteiger partial charge in [-0.1, -0.05) is 115 Å². The molecule has 0 aliphatic heterocycles.